The molecular formula is C81H126N4. The summed E-state index contributed by atoms with van der Waals surface area (Å²) in [6, 6.07) is 13.1. The molecule has 470 valence electrons. The Morgan fingerprint density at radius 2 is 0.718 bits per heavy atom. The summed E-state index contributed by atoms with van der Waals surface area (Å²) in [5.74, 6) is 7.69. The van der Waals surface area contributed by atoms with E-state index >= 15 is 0 Å². The molecule has 0 atom stereocenters. The van der Waals surface area contributed by atoms with E-state index in [1.54, 1.807) is 39.9 Å². The van der Waals surface area contributed by atoms with Crippen LogP contribution >= 0.6 is 0 Å². The maximum absolute atomic E-state index is 4.13. The first-order chi connectivity index (χ1) is 39.0. The quantitative estimate of drug-likeness (QED) is 0.0751. The second-order valence-corrected chi connectivity index (χ2v) is 27.3. The molecule has 2 aliphatic rings. The molecule has 0 saturated heterocycles. The van der Waals surface area contributed by atoms with Gasteiger partial charge in [-0.2, -0.15) is 5.10 Å². The van der Waals surface area contributed by atoms with Gasteiger partial charge in [0, 0.05) is 39.0 Å². The van der Waals surface area contributed by atoms with Gasteiger partial charge in [0.05, 0.1) is 5.54 Å². The molecule has 0 aromatic heterocycles. The number of allylic oxidation sites excluding steroid dienone is 2. The van der Waals surface area contributed by atoms with E-state index in [0.29, 0.717) is 5.92 Å². The van der Waals surface area contributed by atoms with Crippen molar-refractivity contribution in [3.8, 4) is 11.8 Å². The summed E-state index contributed by atoms with van der Waals surface area (Å²) >= 11 is 0. The van der Waals surface area contributed by atoms with Crippen molar-refractivity contribution in [3.63, 3.8) is 0 Å². The predicted molar refractivity (Wildman–Crippen MR) is 387 cm³/mol. The summed E-state index contributed by atoms with van der Waals surface area (Å²) in [4.78, 5) is 8.01. The van der Waals surface area contributed by atoms with Crippen molar-refractivity contribution in [2.24, 2.45) is 32.3 Å². The highest BCUT2D eigenvalue weighted by Crippen LogP contribution is 2.39. The highest BCUT2D eigenvalue weighted by Gasteiger charge is 2.28. The number of nitrogens with zero attached hydrogens (tertiary/aromatic N) is 4. The minimum Gasteiger partial charge on any atom is -0.303 e. The molecule has 0 aliphatic heterocycles. The molecule has 2 aliphatic carbocycles. The Balaban J connectivity index is 0.000000975. The zero-order chi connectivity index (χ0) is 66.3. The van der Waals surface area contributed by atoms with Crippen LogP contribution in [0, 0.1) is 168 Å². The van der Waals surface area contributed by atoms with E-state index in [0.717, 1.165) is 24.5 Å². The minimum atomic E-state index is 0.120. The Morgan fingerprint density at radius 1 is 0.447 bits per heavy atom. The molecule has 5 aromatic carbocycles. The highest BCUT2D eigenvalue weighted by atomic mass is 15.4. The van der Waals surface area contributed by atoms with Crippen LogP contribution in [0.5, 0.6) is 0 Å². The number of aryl methyl sites for hydroxylation is 6. The van der Waals surface area contributed by atoms with Crippen molar-refractivity contribution in [1.82, 2.24) is 5.01 Å². The lowest BCUT2D eigenvalue weighted by Gasteiger charge is -2.15. The van der Waals surface area contributed by atoms with Gasteiger partial charge in [0.1, 0.15) is 0 Å². The van der Waals surface area contributed by atoms with E-state index in [1.807, 2.05) is 54.2 Å². The molecule has 0 unspecified atom stereocenters. The monoisotopic (exact) mass is 1150 g/mol. The van der Waals surface area contributed by atoms with Gasteiger partial charge in [-0.15, -0.1) is 5.92 Å². The lowest BCUT2D eigenvalue weighted by Crippen LogP contribution is -2.08. The van der Waals surface area contributed by atoms with Gasteiger partial charge in [-0.25, -0.2) is 0 Å². The molecule has 0 amide bonds. The van der Waals surface area contributed by atoms with Crippen LogP contribution in [0.2, 0.25) is 0 Å². The molecule has 7 rings (SSSR count). The van der Waals surface area contributed by atoms with Gasteiger partial charge in [-0.1, -0.05) is 74.2 Å². The van der Waals surface area contributed by atoms with Crippen LogP contribution in [0.15, 0.2) is 62.6 Å². The van der Waals surface area contributed by atoms with Gasteiger partial charge in [-0.05, 0) is 384 Å². The van der Waals surface area contributed by atoms with Gasteiger partial charge in [-0.3, -0.25) is 4.99 Å². The smallest absolute Gasteiger partial charge is 0.0520 e. The maximum Gasteiger partial charge on any atom is 0.0520 e. The second kappa shape index (κ2) is 36.4. The van der Waals surface area contributed by atoms with Crippen molar-refractivity contribution in [2.45, 2.75) is 260 Å². The molecule has 5 aromatic rings. The molecule has 4 heteroatoms. The molecule has 0 spiro atoms. The molecule has 0 radical (unpaired) electrons. The zero-order valence-corrected chi connectivity index (χ0v) is 61.9. The highest BCUT2D eigenvalue weighted by molar-refractivity contribution is 5.78. The van der Waals surface area contributed by atoms with E-state index < -0.39 is 0 Å². The van der Waals surface area contributed by atoms with E-state index in [-0.39, 0.29) is 11.0 Å². The van der Waals surface area contributed by atoms with Gasteiger partial charge < -0.3 is 10.0 Å². The normalized spacial score (nSPS) is 12.2. The van der Waals surface area contributed by atoms with Gasteiger partial charge in [0.2, 0.25) is 0 Å². The number of aliphatic imine (C=N–C) groups is 2. The third-order valence-electron chi connectivity index (χ3n) is 17.9. The van der Waals surface area contributed by atoms with Crippen molar-refractivity contribution in [2.75, 3.05) is 21.1 Å². The molecular weight excluding hydrogens is 1030 g/mol. The van der Waals surface area contributed by atoms with Crippen LogP contribution in [0.3, 0.4) is 0 Å². The fourth-order valence-corrected chi connectivity index (χ4v) is 10.6. The number of hydrazone groups is 1. The van der Waals surface area contributed by atoms with Crippen molar-refractivity contribution in [1.29, 1.82) is 0 Å². The first kappa shape index (κ1) is 79.2. The summed E-state index contributed by atoms with van der Waals surface area (Å²) in [6.45, 7) is 71.4. The van der Waals surface area contributed by atoms with Gasteiger partial charge >= 0.3 is 0 Å². The first-order valence-electron chi connectivity index (χ1n) is 31.5. The Morgan fingerprint density at radius 3 is 0.871 bits per heavy atom. The first-order valence-corrected chi connectivity index (χ1v) is 31.5. The van der Waals surface area contributed by atoms with Crippen molar-refractivity contribution in [3.05, 3.63) is 181 Å². The fourth-order valence-electron chi connectivity index (χ4n) is 10.6. The van der Waals surface area contributed by atoms with Crippen LogP contribution in [-0.2, 0) is 25.7 Å². The molecule has 0 fully saturated rings. The number of rotatable bonds is 2. The summed E-state index contributed by atoms with van der Waals surface area (Å²) < 4.78 is 0. The number of hydrogen-bond acceptors (Lipinski definition) is 4. The van der Waals surface area contributed by atoms with E-state index in [1.165, 1.54) is 130 Å². The molecule has 0 N–H and O–H groups in total. The van der Waals surface area contributed by atoms with E-state index in [9.17, 15) is 0 Å². The number of fused-ring (bicyclic) bond motifs is 2. The summed E-state index contributed by atoms with van der Waals surface area (Å²) in [7, 11) is 5.62. The Bertz CT molecular complexity index is 2850. The van der Waals surface area contributed by atoms with Crippen LogP contribution in [0.4, 0.5) is 0 Å². The Labute approximate surface area is 526 Å². The Kier molecular flexibility index (Phi) is 33.9. The average Bonchev–Trinajstić information content (AvgIpc) is 4.14. The lowest BCUT2D eigenvalue weighted by atomic mass is 9.90. The molecule has 0 bridgehead atoms. The van der Waals surface area contributed by atoms with E-state index in [4.69, 9.17) is 0 Å². The lowest BCUT2D eigenvalue weighted by molar-refractivity contribution is 0.437. The molecule has 4 nitrogen and oxygen atoms in total. The van der Waals surface area contributed by atoms with Crippen LogP contribution < -0.4 is 0 Å². The van der Waals surface area contributed by atoms with Crippen LogP contribution in [-0.4, -0.2) is 49.8 Å². The summed E-state index contributed by atoms with van der Waals surface area (Å²) in [6.07, 6.45) is 8.58. The van der Waals surface area contributed by atoms with Crippen LogP contribution in [0.25, 0.3) is 0 Å². The molecule has 0 saturated carbocycles. The number of hydrogen-bond donors (Lipinski definition) is 0. The van der Waals surface area contributed by atoms with Crippen LogP contribution in [0.1, 0.15) is 224 Å². The van der Waals surface area contributed by atoms with E-state index in [2.05, 4.69) is 264 Å². The number of benzene rings is 5. The average molecular weight is 1160 g/mol. The van der Waals surface area contributed by atoms with Gasteiger partial charge in [0.25, 0.3) is 0 Å². The Hall–Kier alpha value is -5.79. The summed E-state index contributed by atoms with van der Waals surface area (Å²) in [5.41, 5.74) is 40.0. The third kappa shape index (κ3) is 26.0. The summed E-state index contributed by atoms with van der Waals surface area (Å²) in [5, 5.41) is 5.81. The van der Waals surface area contributed by atoms with Gasteiger partial charge in [0.15, 0.2) is 0 Å². The zero-order valence-electron chi connectivity index (χ0n) is 61.9. The topological polar surface area (TPSA) is 40.3 Å². The standard InChI is InChI=1S/C18H26.C16H20.3C10H14.2C6H13N.C5H12N2/c1-10(2)11(3)16-8-17-14(6)12(4)13(5)15(7)18(17)9-16;1-6-7-14-8-15-12(4)10(2)11(3)13(5)16(15)9-14;3*1-7-5-6-8(2)10(4)9(7)3;1-6(2,3)5-7-4;1-5-7-6(2,3)4;1-5(2)6-7(3)4/h16H,8-9H2,1-7H3;14H,8-9H2,1-5H3;3*5-6H,1-4H3;2*5H,1-4H3;1-4H3. The fraction of sp³-hybridized carbons (Fsp3) is 0.543. The third-order valence-corrected chi connectivity index (χ3v) is 17.9. The molecule has 85 heavy (non-hydrogen) atoms. The second-order valence-electron chi connectivity index (χ2n) is 27.3. The maximum atomic E-state index is 4.13. The minimum absolute atomic E-state index is 0.120. The van der Waals surface area contributed by atoms with Crippen molar-refractivity contribution >= 4 is 18.1 Å². The van der Waals surface area contributed by atoms with Crippen molar-refractivity contribution < 1.29 is 0 Å². The largest absolute Gasteiger partial charge is 0.303 e. The predicted octanol–water partition coefficient (Wildman–Crippen LogP) is 22.0. The molecule has 0 heterocycles. The SMILES string of the molecule is CC#CC1Cc2c(C)c(C)c(C)c(C)c2C1.CC(C)=C(C)C1Cc2c(C)c(C)c(C)c(C)c2C1.CC(C)=NN(C)C.CC=NC(C)(C)C.CN=CC(C)(C)C.Cc1ccc(C)c(C)c1C.Cc1ccc(C)c(C)c1C.Cc1ccc(C)c(C)c1C.